The van der Waals surface area contributed by atoms with E-state index in [1.165, 1.54) is 0 Å². The van der Waals surface area contributed by atoms with Crippen LogP contribution in [0.1, 0.15) is 28.7 Å². The normalized spacial score (nSPS) is 12.3. The predicted molar refractivity (Wildman–Crippen MR) is 112 cm³/mol. The number of carboxylic acids is 1. The summed E-state index contributed by atoms with van der Waals surface area (Å²) in [5.74, 6) is -1.81. The fourth-order valence-corrected chi connectivity index (χ4v) is 3.59. The first-order valence-electron chi connectivity index (χ1n) is 9.40. The van der Waals surface area contributed by atoms with Crippen LogP contribution >= 0.6 is 0 Å². The molecule has 0 radical (unpaired) electrons. The standard InChI is InChI=1S/C24H24N2O3/c1-17-12-14-20(15-13-17)24(18-8-4-2-5-9-18,19-10-6-3-7-11-19)26-21(23(28)29)16-22(25)27/h2-15,21,26H,16H2,1H3,(H2,25,27)(H,28,29)/t21-/m0/s1. The zero-order valence-corrected chi connectivity index (χ0v) is 16.2. The lowest BCUT2D eigenvalue weighted by Crippen LogP contribution is -2.53. The lowest BCUT2D eigenvalue weighted by molar-refractivity contribution is -0.141. The highest BCUT2D eigenvalue weighted by molar-refractivity contribution is 5.83. The maximum Gasteiger partial charge on any atom is 0.321 e. The minimum atomic E-state index is -1.16. The van der Waals surface area contributed by atoms with E-state index < -0.39 is 23.5 Å². The molecule has 0 saturated heterocycles. The van der Waals surface area contributed by atoms with E-state index in [-0.39, 0.29) is 6.42 Å². The molecular weight excluding hydrogens is 364 g/mol. The molecule has 4 N–H and O–H groups in total. The summed E-state index contributed by atoms with van der Waals surface area (Å²) in [6.07, 6.45) is -0.317. The second-order valence-corrected chi connectivity index (χ2v) is 7.05. The maximum atomic E-state index is 12.0. The molecular formula is C24H24N2O3. The molecule has 5 nitrogen and oxygen atoms in total. The Morgan fingerprint density at radius 2 is 1.31 bits per heavy atom. The molecule has 5 heteroatoms. The molecule has 0 fully saturated rings. The largest absolute Gasteiger partial charge is 0.480 e. The van der Waals surface area contributed by atoms with Gasteiger partial charge < -0.3 is 10.8 Å². The first-order valence-corrected chi connectivity index (χ1v) is 9.40. The van der Waals surface area contributed by atoms with E-state index in [0.717, 1.165) is 22.3 Å². The van der Waals surface area contributed by atoms with E-state index in [1.807, 2.05) is 91.9 Å². The Hall–Kier alpha value is -3.44. The van der Waals surface area contributed by atoms with Crippen molar-refractivity contribution in [2.24, 2.45) is 5.73 Å². The van der Waals surface area contributed by atoms with Crippen molar-refractivity contribution in [3.63, 3.8) is 0 Å². The molecule has 0 aliphatic rings. The second-order valence-electron chi connectivity index (χ2n) is 7.05. The van der Waals surface area contributed by atoms with Crippen LogP contribution in [0.2, 0.25) is 0 Å². The number of hydrogen-bond acceptors (Lipinski definition) is 3. The molecule has 3 rings (SSSR count). The number of hydrogen-bond donors (Lipinski definition) is 3. The molecule has 0 aliphatic heterocycles. The third-order valence-electron chi connectivity index (χ3n) is 4.99. The van der Waals surface area contributed by atoms with Crippen molar-refractivity contribution in [1.82, 2.24) is 5.32 Å². The van der Waals surface area contributed by atoms with Crippen LogP contribution in [0.5, 0.6) is 0 Å². The Morgan fingerprint density at radius 1 is 0.862 bits per heavy atom. The smallest absolute Gasteiger partial charge is 0.321 e. The van der Waals surface area contributed by atoms with Crippen molar-refractivity contribution in [1.29, 1.82) is 0 Å². The molecule has 1 amide bonds. The molecule has 0 heterocycles. The Morgan fingerprint density at radius 3 is 1.72 bits per heavy atom. The first-order chi connectivity index (χ1) is 13.9. The van der Waals surface area contributed by atoms with Crippen LogP contribution in [0.4, 0.5) is 0 Å². The third-order valence-corrected chi connectivity index (χ3v) is 4.99. The minimum absolute atomic E-state index is 0.317. The van der Waals surface area contributed by atoms with Crippen molar-refractivity contribution < 1.29 is 14.7 Å². The number of aliphatic carboxylic acids is 1. The summed E-state index contributed by atoms with van der Waals surface area (Å²) in [5, 5.41) is 13.1. The fraction of sp³-hybridized carbons (Fsp3) is 0.167. The number of carbonyl (C=O) groups is 2. The fourth-order valence-electron chi connectivity index (χ4n) is 3.59. The molecule has 1 atom stereocenters. The number of carboxylic acid groups (broad SMARTS) is 1. The molecule has 0 bridgehead atoms. The van der Waals surface area contributed by atoms with Gasteiger partial charge in [0.05, 0.1) is 12.0 Å². The quantitative estimate of drug-likeness (QED) is 0.517. The number of aryl methyl sites for hydroxylation is 1. The van der Waals surface area contributed by atoms with Crippen molar-refractivity contribution in [3.8, 4) is 0 Å². The molecule has 0 spiro atoms. The number of nitrogens with one attached hydrogen (secondary N) is 1. The average molecular weight is 388 g/mol. The van der Waals surface area contributed by atoms with Gasteiger partial charge in [-0.15, -0.1) is 0 Å². The first kappa shape index (κ1) is 20.3. The molecule has 29 heavy (non-hydrogen) atoms. The number of primary amides is 1. The number of amides is 1. The molecule has 3 aromatic carbocycles. The zero-order valence-electron chi connectivity index (χ0n) is 16.2. The van der Waals surface area contributed by atoms with E-state index in [4.69, 9.17) is 5.73 Å². The van der Waals surface area contributed by atoms with Gasteiger partial charge in [-0.3, -0.25) is 14.9 Å². The topological polar surface area (TPSA) is 92.4 Å². The van der Waals surface area contributed by atoms with E-state index in [0.29, 0.717) is 0 Å². The van der Waals surface area contributed by atoms with E-state index in [1.54, 1.807) is 0 Å². The minimum Gasteiger partial charge on any atom is -0.480 e. The van der Waals surface area contributed by atoms with Crippen LogP contribution < -0.4 is 11.1 Å². The van der Waals surface area contributed by atoms with Crippen molar-refractivity contribution in [3.05, 3.63) is 107 Å². The number of carbonyl (C=O) groups excluding carboxylic acids is 1. The lowest BCUT2D eigenvalue weighted by atomic mass is 9.76. The third kappa shape index (κ3) is 4.36. The van der Waals surface area contributed by atoms with Crippen LogP contribution in [0.25, 0.3) is 0 Å². The molecule has 0 aliphatic carbocycles. The number of rotatable bonds is 8. The van der Waals surface area contributed by atoms with Gasteiger partial charge in [0.1, 0.15) is 6.04 Å². The highest BCUT2D eigenvalue weighted by Crippen LogP contribution is 2.37. The monoisotopic (exact) mass is 388 g/mol. The molecule has 0 unspecified atom stereocenters. The van der Waals surface area contributed by atoms with Gasteiger partial charge in [-0.05, 0) is 23.6 Å². The lowest BCUT2D eigenvalue weighted by Gasteiger charge is -2.39. The van der Waals surface area contributed by atoms with Gasteiger partial charge in [-0.25, -0.2) is 0 Å². The van der Waals surface area contributed by atoms with Crippen molar-refractivity contribution in [2.45, 2.75) is 24.9 Å². The maximum absolute atomic E-state index is 12.0. The summed E-state index contributed by atoms with van der Waals surface area (Å²) in [5.41, 5.74) is 8.06. The highest BCUT2D eigenvalue weighted by Gasteiger charge is 2.40. The van der Waals surface area contributed by atoms with E-state index >= 15 is 0 Å². The van der Waals surface area contributed by atoms with Crippen LogP contribution in [-0.4, -0.2) is 23.0 Å². The van der Waals surface area contributed by atoms with Crippen molar-refractivity contribution in [2.75, 3.05) is 0 Å². The molecule has 148 valence electrons. The van der Waals surface area contributed by atoms with Gasteiger partial charge in [0.2, 0.25) is 5.91 Å². The van der Waals surface area contributed by atoms with Crippen LogP contribution in [0.15, 0.2) is 84.9 Å². The summed E-state index contributed by atoms with van der Waals surface area (Å²) in [6, 6.07) is 26.0. The molecule has 0 saturated carbocycles. The van der Waals surface area contributed by atoms with Gasteiger partial charge in [0, 0.05) is 0 Å². The van der Waals surface area contributed by atoms with E-state index in [9.17, 15) is 14.7 Å². The number of nitrogens with two attached hydrogens (primary N) is 1. The zero-order chi connectivity index (χ0) is 20.9. The summed E-state index contributed by atoms with van der Waals surface area (Å²) < 4.78 is 0. The van der Waals surface area contributed by atoms with Gasteiger partial charge in [-0.1, -0.05) is 90.5 Å². The summed E-state index contributed by atoms with van der Waals surface area (Å²) in [6.45, 7) is 2.00. The van der Waals surface area contributed by atoms with Gasteiger partial charge >= 0.3 is 5.97 Å². The number of benzene rings is 3. The van der Waals surface area contributed by atoms with E-state index in [2.05, 4.69) is 5.32 Å². The Bertz CT molecular complexity index is 931. The van der Waals surface area contributed by atoms with Gasteiger partial charge in [-0.2, -0.15) is 0 Å². The van der Waals surface area contributed by atoms with Crippen LogP contribution in [-0.2, 0) is 15.1 Å². The Kier molecular flexibility index (Phi) is 6.10. The summed E-state index contributed by atoms with van der Waals surface area (Å²) in [4.78, 5) is 23.6. The van der Waals surface area contributed by atoms with Crippen LogP contribution in [0.3, 0.4) is 0 Å². The SMILES string of the molecule is Cc1ccc(C(N[C@@H](CC(N)=O)C(=O)O)(c2ccccc2)c2ccccc2)cc1. The summed E-state index contributed by atoms with van der Waals surface area (Å²) >= 11 is 0. The van der Waals surface area contributed by atoms with Gasteiger partial charge in [0.25, 0.3) is 0 Å². The Balaban J connectivity index is 2.29. The van der Waals surface area contributed by atoms with Gasteiger partial charge in [0.15, 0.2) is 0 Å². The predicted octanol–water partition coefficient (Wildman–Crippen LogP) is 3.21. The highest BCUT2D eigenvalue weighted by atomic mass is 16.4. The molecule has 3 aromatic rings. The van der Waals surface area contributed by atoms with Crippen LogP contribution in [0, 0.1) is 6.92 Å². The summed E-state index contributed by atoms with van der Waals surface area (Å²) in [7, 11) is 0. The average Bonchev–Trinajstić information content (AvgIpc) is 2.73. The Labute approximate surface area is 170 Å². The second kappa shape index (κ2) is 8.71. The van der Waals surface area contributed by atoms with Crippen molar-refractivity contribution >= 4 is 11.9 Å². The molecule has 0 aromatic heterocycles.